The lowest BCUT2D eigenvalue weighted by atomic mass is 10.2. The van der Waals surface area contributed by atoms with Crippen LogP contribution in [0.4, 0.5) is 14.5 Å². The number of rotatable bonds is 6. The molecule has 2 heterocycles. The quantitative estimate of drug-likeness (QED) is 0.725. The van der Waals surface area contributed by atoms with E-state index in [-0.39, 0.29) is 12.2 Å². The van der Waals surface area contributed by atoms with Gasteiger partial charge in [-0.2, -0.15) is 0 Å². The van der Waals surface area contributed by atoms with Gasteiger partial charge in [0.15, 0.2) is 5.82 Å². The van der Waals surface area contributed by atoms with Crippen molar-refractivity contribution in [2.45, 2.75) is 49.8 Å². The van der Waals surface area contributed by atoms with E-state index >= 15 is 0 Å². The lowest BCUT2D eigenvalue weighted by Gasteiger charge is -2.12. The maximum Gasteiger partial charge on any atom is 0.304 e. The maximum atomic E-state index is 13.7. The molecule has 1 aliphatic heterocycles. The van der Waals surface area contributed by atoms with E-state index in [0.717, 1.165) is 41.1 Å². The third-order valence-corrected chi connectivity index (χ3v) is 5.79. The lowest BCUT2D eigenvalue weighted by molar-refractivity contribution is -0.579. The molecule has 142 valence electrons. The first-order valence-corrected chi connectivity index (χ1v) is 9.64. The van der Waals surface area contributed by atoms with E-state index in [0.29, 0.717) is 11.8 Å². The molecule has 1 saturated heterocycles. The second-order valence-electron chi connectivity index (χ2n) is 6.46. The van der Waals surface area contributed by atoms with Crippen molar-refractivity contribution in [2.75, 3.05) is 17.7 Å². The number of thioether (sulfide) groups is 1. The van der Waals surface area contributed by atoms with Gasteiger partial charge in [0, 0.05) is 28.0 Å². The first-order chi connectivity index (χ1) is 12.5. The summed E-state index contributed by atoms with van der Waals surface area (Å²) in [6.07, 6.45) is 5.50. The van der Waals surface area contributed by atoms with Crippen molar-refractivity contribution in [2.24, 2.45) is 0 Å². The Morgan fingerprint density at radius 3 is 2.81 bits per heavy atom. The van der Waals surface area contributed by atoms with Crippen LogP contribution in [0.15, 0.2) is 17.1 Å². The van der Waals surface area contributed by atoms with Crippen molar-refractivity contribution < 1.29 is 18.3 Å². The van der Waals surface area contributed by atoms with Crippen LogP contribution in [0.25, 0.3) is 0 Å². The van der Waals surface area contributed by atoms with Crippen molar-refractivity contribution in [3.63, 3.8) is 0 Å². The van der Waals surface area contributed by atoms with Crippen molar-refractivity contribution in [3.8, 4) is 0 Å². The van der Waals surface area contributed by atoms with Crippen LogP contribution in [0.1, 0.15) is 25.7 Å². The number of carbonyl (C=O) groups excluding carboxylic acids is 1. The third-order valence-electron chi connectivity index (χ3n) is 4.62. The predicted octanol–water partition coefficient (Wildman–Crippen LogP) is 1.61. The molecule has 1 amide bonds. The zero-order valence-corrected chi connectivity index (χ0v) is 14.9. The highest BCUT2D eigenvalue weighted by molar-refractivity contribution is 7.99. The SMILES string of the molecule is O=C(Nc1cc(F)c(=O)n(CCF)c1)C1CSC(NC2CCCC2)[N+]1=O. The molecule has 0 aromatic carbocycles. The number of anilines is 1. The normalized spacial score (nSPS) is 23.5. The number of pyridine rings is 1. The molecule has 1 aliphatic carbocycles. The van der Waals surface area contributed by atoms with Gasteiger partial charge in [0.25, 0.3) is 17.5 Å². The Balaban J connectivity index is 1.65. The highest BCUT2D eigenvalue weighted by Crippen LogP contribution is 2.27. The van der Waals surface area contributed by atoms with E-state index in [1.165, 1.54) is 18.0 Å². The highest BCUT2D eigenvalue weighted by Gasteiger charge is 2.48. The molecule has 3 rings (SSSR count). The van der Waals surface area contributed by atoms with Crippen LogP contribution in [-0.2, 0) is 11.3 Å². The van der Waals surface area contributed by atoms with Gasteiger partial charge in [-0.15, -0.1) is 0 Å². The summed E-state index contributed by atoms with van der Waals surface area (Å²) in [6.45, 7) is -1.14. The summed E-state index contributed by atoms with van der Waals surface area (Å²) in [5.41, 5.74) is -1.42. The van der Waals surface area contributed by atoms with Crippen LogP contribution in [0.3, 0.4) is 0 Å². The monoisotopic (exact) mass is 387 g/mol. The van der Waals surface area contributed by atoms with E-state index in [1.807, 2.05) is 0 Å². The molecule has 0 bridgehead atoms. The van der Waals surface area contributed by atoms with Crippen LogP contribution in [0.2, 0.25) is 0 Å². The summed E-state index contributed by atoms with van der Waals surface area (Å²) in [5.74, 6) is -1.35. The number of carbonyl (C=O) groups is 1. The Bertz CT molecular complexity index is 752. The molecule has 2 unspecified atom stereocenters. The summed E-state index contributed by atoms with van der Waals surface area (Å²) in [7, 11) is 0. The number of nitroso groups, excluding NO2 is 1. The number of nitrogens with one attached hydrogen (secondary N) is 2. The van der Waals surface area contributed by atoms with Crippen LogP contribution in [0.5, 0.6) is 0 Å². The van der Waals surface area contributed by atoms with Gasteiger partial charge in [-0.3, -0.25) is 9.59 Å². The van der Waals surface area contributed by atoms with E-state index in [9.17, 15) is 23.3 Å². The Hall–Kier alpha value is -1.81. The highest BCUT2D eigenvalue weighted by atomic mass is 32.2. The Kier molecular flexibility index (Phi) is 6.02. The maximum absolute atomic E-state index is 13.7. The fraction of sp³-hybridized carbons (Fsp3) is 0.625. The molecule has 0 spiro atoms. The molecule has 26 heavy (non-hydrogen) atoms. The second-order valence-corrected chi connectivity index (χ2v) is 7.58. The van der Waals surface area contributed by atoms with Gasteiger partial charge in [0.1, 0.15) is 6.67 Å². The summed E-state index contributed by atoms with van der Waals surface area (Å²) in [5, 5.41) is 5.72. The molecule has 1 aromatic heterocycles. The van der Waals surface area contributed by atoms with Gasteiger partial charge >= 0.3 is 5.50 Å². The zero-order chi connectivity index (χ0) is 18.7. The first-order valence-electron chi connectivity index (χ1n) is 8.59. The molecule has 10 heteroatoms. The van der Waals surface area contributed by atoms with Gasteiger partial charge in [-0.25, -0.2) is 14.1 Å². The molecule has 0 radical (unpaired) electrons. The molecule has 2 aliphatic rings. The number of aromatic nitrogens is 1. The lowest BCUT2D eigenvalue weighted by Crippen LogP contribution is -2.44. The Morgan fingerprint density at radius 1 is 1.38 bits per heavy atom. The van der Waals surface area contributed by atoms with Gasteiger partial charge in [0.2, 0.25) is 0 Å². The van der Waals surface area contributed by atoms with Gasteiger partial charge in [-0.1, -0.05) is 24.6 Å². The number of aryl methyl sites for hydroxylation is 1. The molecule has 2 fully saturated rings. The van der Waals surface area contributed by atoms with Crippen molar-refractivity contribution >= 4 is 23.4 Å². The van der Waals surface area contributed by atoms with Gasteiger partial charge in [0.05, 0.1) is 18.0 Å². The fourth-order valence-corrected chi connectivity index (χ4v) is 4.50. The molecule has 2 N–H and O–H groups in total. The molecule has 2 atom stereocenters. The average molecular weight is 387 g/mol. The summed E-state index contributed by atoms with van der Waals surface area (Å²) in [4.78, 5) is 36.4. The smallest absolute Gasteiger partial charge is 0.304 e. The van der Waals surface area contributed by atoms with Crippen molar-refractivity contribution in [3.05, 3.63) is 33.3 Å². The van der Waals surface area contributed by atoms with Gasteiger partial charge in [-0.05, 0) is 12.8 Å². The number of halogens is 2. The van der Waals surface area contributed by atoms with Gasteiger partial charge < -0.3 is 9.88 Å². The molecule has 7 nitrogen and oxygen atoms in total. The zero-order valence-electron chi connectivity index (χ0n) is 14.1. The molecule has 1 saturated carbocycles. The van der Waals surface area contributed by atoms with Crippen LogP contribution in [0, 0.1) is 10.7 Å². The van der Waals surface area contributed by atoms with Crippen molar-refractivity contribution in [1.29, 1.82) is 0 Å². The summed E-state index contributed by atoms with van der Waals surface area (Å²) >= 11 is 1.36. The first kappa shape index (κ1) is 19.0. The summed E-state index contributed by atoms with van der Waals surface area (Å²) in [6, 6.07) is 0.258. The predicted molar refractivity (Wildman–Crippen MR) is 94.3 cm³/mol. The van der Waals surface area contributed by atoms with E-state index in [1.54, 1.807) is 0 Å². The Labute approximate surface area is 153 Å². The van der Waals surface area contributed by atoms with Crippen molar-refractivity contribution in [1.82, 2.24) is 9.88 Å². The number of hydrogen-bond acceptors (Lipinski definition) is 5. The molecular formula is C16H21F2N4O3S+. The number of hydrogen-bond donors (Lipinski definition) is 2. The number of amides is 1. The topological polar surface area (TPSA) is 83.2 Å². The largest absolute Gasteiger partial charge is 0.319 e. The minimum Gasteiger partial charge on any atom is -0.319 e. The van der Waals surface area contributed by atoms with Crippen LogP contribution >= 0.6 is 11.8 Å². The average Bonchev–Trinajstić information content (AvgIpc) is 3.23. The molecule has 1 aromatic rings. The van der Waals surface area contributed by atoms with E-state index in [2.05, 4.69) is 10.6 Å². The summed E-state index contributed by atoms with van der Waals surface area (Å²) < 4.78 is 27.7. The fourth-order valence-electron chi connectivity index (χ4n) is 3.25. The molecular weight excluding hydrogens is 366 g/mol. The van der Waals surface area contributed by atoms with Crippen LogP contribution in [-0.4, -0.2) is 45.2 Å². The van der Waals surface area contributed by atoms with E-state index < -0.39 is 35.5 Å². The Morgan fingerprint density at radius 2 is 2.12 bits per heavy atom. The number of alkyl halides is 1. The van der Waals surface area contributed by atoms with Crippen LogP contribution < -0.4 is 16.2 Å². The van der Waals surface area contributed by atoms with E-state index in [4.69, 9.17) is 0 Å². The standard InChI is InChI=1S/C16H20F2N4O3S/c17-5-6-21-8-11(7-12(18)15(21)24)19-14(23)13-9-26-16(22(13)25)20-10-3-1-2-4-10/h7-8,10,13,16,20H,1-6,9H2/p+1. The number of nitrogens with zero attached hydrogens (tertiary/aromatic N) is 2. The second kappa shape index (κ2) is 8.26. The minimum absolute atomic E-state index is 0.0196. The minimum atomic E-state index is -1.09. The third kappa shape index (κ3) is 4.12.